The van der Waals surface area contributed by atoms with E-state index < -0.39 is 16.2 Å². The number of aliphatic imine (C=N–C) groups is 2. The Morgan fingerprint density at radius 3 is 1.00 bits per heavy atom. The zero-order chi connectivity index (χ0) is 98.4. The van der Waals surface area contributed by atoms with E-state index in [9.17, 15) is 19.3 Å². The number of para-hydroxylation sites is 5. The van der Waals surface area contributed by atoms with Crippen molar-refractivity contribution in [1.29, 1.82) is 0 Å². The minimum Gasteiger partial charge on any atom is -0.385 e. The molecule has 19 aromatic rings. The van der Waals surface area contributed by atoms with Gasteiger partial charge < -0.3 is 47.4 Å². The number of thiazole rings is 5. The smallest absolute Gasteiger partial charge is 0.231 e. The Bertz CT molecular complexity index is 7960. The number of nitrogens with one attached hydrogen (secondary N) is 7. The third-order valence-electron chi connectivity index (χ3n) is 26.1. The minimum absolute atomic E-state index is 0.00129. The number of nitrogens with two attached hydrogens (primary N) is 2. The van der Waals surface area contributed by atoms with Crippen LogP contribution < -0.4 is 27.4 Å². The Morgan fingerprint density at radius 2 is 0.640 bits per heavy atom. The number of nitroso groups, excluding NO2 is 1. The van der Waals surface area contributed by atoms with Gasteiger partial charge in [0.2, 0.25) is 17.7 Å². The lowest BCUT2D eigenvalue weighted by Crippen LogP contribution is -2.30. The molecule has 0 aliphatic carbocycles. The molecule has 20 rings (SSSR count). The molecule has 10 aromatic carbocycles. The Morgan fingerprint density at radius 1 is 0.338 bits per heavy atom. The SMILES string of the molecule is CCC(C)(C)C(=O)Nc1[nH]c(N=C2N=C(N)C(c3nc4ccccc4s3)=C2c2ccc(C)cc2C)c(-c2ccc(C)cc2C)c1-c1nc2ccccc2s1.CCC(C)(C)C(=O)Nc1[nH]c(N=O)c(-c2ccc(C)cc2C)c1-c1nc2ccccc2s1.CCC(C)(C)C(=O)Nc1[nH]cc(-c2ccc(C)cc2C)c1-c1nc2ccccc2s1.Cc1ccc(-c2c[nH]c(N)c2-c2nc3ccccc3s2)c(C)c1. The Labute approximate surface area is 828 Å². The maximum atomic E-state index is 13.9. The van der Waals surface area contributed by atoms with Crippen LogP contribution in [0.15, 0.2) is 240 Å². The number of aryl methyl sites for hydroxylation is 10. The third-order valence-corrected chi connectivity index (χ3v) is 31.3. The van der Waals surface area contributed by atoms with Gasteiger partial charge in [-0.1, -0.05) is 242 Å². The van der Waals surface area contributed by atoms with Crippen molar-refractivity contribution >= 4 is 183 Å². The van der Waals surface area contributed by atoms with Crippen molar-refractivity contribution in [3.63, 3.8) is 0 Å². The summed E-state index contributed by atoms with van der Waals surface area (Å²) in [5, 5.41) is 16.8. The quantitative estimate of drug-likeness (QED) is 0.0305. The fourth-order valence-corrected chi connectivity index (χ4v) is 22.1. The summed E-state index contributed by atoms with van der Waals surface area (Å²) in [7, 11) is 0. The van der Waals surface area contributed by atoms with Gasteiger partial charge >= 0.3 is 0 Å². The Balaban J connectivity index is 0.000000135. The highest BCUT2D eigenvalue weighted by molar-refractivity contribution is 7.23. The second-order valence-corrected chi connectivity index (χ2v) is 42.7. The maximum Gasteiger partial charge on any atom is 0.231 e. The van der Waals surface area contributed by atoms with Crippen molar-refractivity contribution in [2.45, 2.75) is 151 Å². The number of aromatic amines is 4. The third kappa shape index (κ3) is 19.6. The molecule has 0 unspecified atom stereocenters. The van der Waals surface area contributed by atoms with Crippen molar-refractivity contribution in [2.75, 3.05) is 21.7 Å². The highest BCUT2D eigenvalue weighted by atomic mass is 32.1. The molecule has 702 valence electrons. The van der Waals surface area contributed by atoms with Gasteiger partial charge in [-0.15, -0.1) is 61.6 Å². The van der Waals surface area contributed by atoms with E-state index >= 15 is 0 Å². The lowest BCUT2D eigenvalue weighted by molar-refractivity contribution is -0.124. The second kappa shape index (κ2) is 39.5. The lowest BCUT2D eigenvalue weighted by Gasteiger charge is -2.21. The van der Waals surface area contributed by atoms with E-state index in [0.717, 1.165) is 178 Å². The molecule has 0 bridgehead atoms. The van der Waals surface area contributed by atoms with Crippen molar-refractivity contribution in [1.82, 2.24) is 44.9 Å². The van der Waals surface area contributed by atoms with E-state index in [-0.39, 0.29) is 23.5 Å². The summed E-state index contributed by atoms with van der Waals surface area (Å²) in [6.45, 7) is 38.5. The minimum atomic E-state index is -0.614. The van der Waals surface area contributed by atoms with Crippen molar-refractivity contribution < 1.29 is 14.4 Å². The number of amidine groups is 2. The van der Waals surface area contributed by atoms with Gasteiger partial charge in [0.1, 0.15) is 60.0 Å². The summed E-state index contributed by atoms with van der Waals surface area (Å²) in [6, 6.07) is 72.1. The number of nitrogen functional groups attached to an aromatic ring is 1. The fourth-order valence-electron chi connectivity index (χ4n) is 17.0. The molecule has 26 heteroatoms. The maximum absolute atomic E-state index is 13.9. The number of aromatic nitrogens is 9. The van der Waals surface area contributed by atoms with Crippen molar-refractivity contribution in [3.8, 4) is 86.8 Å². The molecule has 139 heavy (non-hydrogen) atoms. The molecule has 21 nitrogen and oxygen atoms in total. The molecule has 9 aromatic heterocycles. The van der Waals surface area contributed by atoms with Crippen LogP contribution in [0, 0.1) is 90.4 Å². The van der Waals surface area contributed by atoms with E-state index in [1.54, 1.807) is 45.3 Å². The van der Waals surface area contributed by atoms with Crippen LogP contribution in [0.1, 0.15) is 148 Å². The molecule has 0 saturated heterocycles. The molecular weight excluding hydrogens is 1820 g/mol. The normalized spacial score (nSPS) is 12.6. The van der Waals surface area contributed by atoms with Gasteiger partial charge in [-0.3, -0.25) is 14.4 Å². The van der Waals surface area contributed by atoms with E-state index in [4.69, 9.17) is 46.4 Å². The molecule has 0 saturated carbocycles. The van der Waals surface area contributed by atoms with Crippen LogP contribution in [0.5, 0.6) is 0 Å². The number of anilines is 4. The number of hydrogen-bond acceptors (Lipinski definition) is 18. The summed E-state index contributed by atoms with van der Waals surface area (Å²) in [5.74, 6) is 3.65. The summed E-state index contributed by atoms with van der Waals surface area (Å²) in [5.41, 5.74) is 41.4. The average Bonchev–Trinajstić information content (AvgIpc) is 1.59. The summed E-state index contributed by atoms with van der Waals surface area (Å²) in [4.78, 5) is 99.8. The van der Waals surface area contributed by atoms with Gasteiger partial charge in [0.15, 0.2) is 11.7 Å². The Hall–Kier alpha value is -14.5. The van der Waals surface area contributed by atoms with E-state index in [0.29, 0.717) is 64.7 Å². The lowest BCUT2D eigenvalue weighted by atomic mass is 9.89. The van der Waals surface area contributed by atoms with Crippen molar-refractivity contribution in [2.24, 2.45) is 37.1 Å². The van der Waals surface area contributed by atoms with Gasteiger partial charge in [0, 0.05) is 56.5 Å². The molecular formula is C113H111N17O4S5. The summed E-state index contributed by atoms with van der Waals surface area (Å²) >= 11 is 8.01. The second-order valence-electron chi connectivity index (χ2n) is 37.5. The van der Waals surface area contributed by atoms with Crippen LogP contribution in [-0.4, -0.2) is 74.2 Å². The first kappa shape index (κ1) is 96.2. The zero-order valence-corrected chi connectivity index (χ0v) is 85.5. The summed E-state index contributed by atoms with van der Waals surface area (Å²) in [6.07, 6.45) is 6.07. The monoisotopic (exact) mass is 1930 g/mol. The molecule has 1 aliphatic heterocycles. The van der Waals surface area contributed by atoms with Crippen LogP contribution in [0.25, 0.3) is 149 Å². The van der Waals surface area contributed by atoms with Gasteiger partial charge in [-0.25, -0.2) is 34.9 Å². The predicted molar refractivity (Wildman–Crippen MR) is 586 cm³/mol. The highest BCUT2D eigenvalue weighted by Gasteiger charge is 2.37. The topological polar surface area (TPSA) is 321 Å². The standard InChI is InChI=1S/C44H41N7OS2.C25H26N4O2S.C25H27N3OS.C19H17N3S/c1-8-44(6,7)43(52)51-40-36(42-47-30-14-10-12-16-32(30)54-42)34(28-20-18-24(3)22-26(28)5)39(50-40)49-38-33(27-19-17-23(2)21-25(27)4)35(37(45)48-38)41-46-29-13-9-11-15-31(29)53-41;1-6-25(4,5)24(30)28-21-20(23-26-17-9-7-8-10-18(17)32-23)19(22(27-21)29-31)16-12-11-14(2)13-15(16)3;1-6-25(4,5)24(29)28-22-21(23-27-19-9-7-8-10-20(19)30-23)18(14-26-22)17-12-11-15(2)13-16(17)3;1-11-7-8-13(12(2)9-11)14-10-21-18(20)17(14)19-22-15-5-3-4-6-16(15)23-19/h9-22,50H,8H2,1-7H3,(H,51,52)(H2,45,48,49);7-13,27H,6H2,1-5H3,(H,28,30);7-14,26H,6H2,1-5H3,(H,28,29);3-10,21H,20H2,1-2H3. The number of H-pyrrole nitrogens is 4. The van der Waals surface area contributed by atoms with Crippen molar-refractivity contribution in [3.05, 3.63) is 296 Å². The summed E-state index contributed by atoms with van der Waals surface area (Å²) < 4.78 is 5.45. The van der Waals surface area contributed by atoms with E-state index in [2.05, 4.69) is 200 Å². The molecule has 0 fully saturated rings. The van der Waals surface area contributed by atoms with Gasteiger partial charge in [0.25, 0.3) is 0 Å². The molecule has 0 spiro atoms. The van der Waals surface area contributed by atoms with E-state index in [1.807, 2.05) is 198 Å². The number of carbonyl (C=O) groups excluding carboxylic acids is 3. The predicted octanol–water partition coefficient (Wildman–Crippen LogP) is 30.6. The van der Waals surface area contributed by atoms with E-state index in [1.165, 1.54) is 43.9 Å². The first-order chi connectivity index (χ1) is 66.6. The molecule has 1 aliphatic rings. The fraction of sp³-hybridized carbons (Fsp3) is 0.221. The van der Waals surface area contributed by atoms with Gasteiger partial charge in [-0.05, 0) is 210 Å². The zero-order valence-electron chi connectivity index (χ0n) is 81.4. The molecule has 0 radical (unpaired) electrons. The molecule has 3 amide bonds. The highest BCUT2D eigenvalue weighted by Crippen LogP contribution is 2.53. The Kier molecular flexibility index (Phi) is 27.3. The van der Waals surface area contributed by atoms with Crippen LogP contribution in [0.2, 0.25) is 0 Å². The number of hydrogen-bond donors (Lipinski definition) is 9. The number of amides is 3. The number of fused-ring (bicyclic) bond motifs is 5. The molecule has 0 atom stereocenters. The van der Waals surface area contributed by atoms with Crippen LogP contribution in [0.4, 0.5) is 34.9 Å². The number of benzene rings is 10. The van der Waals surface area contributed by atoms with Crippen LogP contribution in [0.3, 0.4) is 0 Å². The first-order valence-corrected chi connectivity index (χ1v) is 50.5. The largest absolute Gasteiger partial charge is 0.385 e. The molecule has 10 heterocycles. The molecule has 11 N–H and O–H groups in total. The average molecular weight is 1930 g/mol. The first-order valence-electron chi connectivity index (χ1n) is 46.4. The van der Waals surface area contributed by atoms with Crippen LogP contribution in [-0.2, 0) is 14.4 Å². The number of nitrogens with zero attached hydrogens (tertiary/aromatic N) is 8. The number of carbonyl (C=O) groups is 3. The number of rotatable bonds is 21. The van der Waals surface area contributed by atoms with Crippen LogP contribution >= 0.6 is 56.7 Å². The van der Waals surface area contributed by atoms with Gasteiger partial charge in [-0.2, -0.15) is 0 Å². The van der Waals surface area contributed by atoms with Gasteiger partial charge in [0.05, 0.1) is 78.9 Å².